The maximum Gasteiger partial charge on any atom is 0.191 e. The van der Waals surface area contributed by atoms with Crippen LogP contribution < -0.4 is 10.6 Å². The first-order valence-electron chi connectivity index (χ1n) is 6.23. The fraction of sp³-hybridized carbons (Fsp3) is 0.917. The first-order chi connectivity index (χ1) is 7.60. The van der Waals surface area contributed by atoms with E-state index in [1.54, 1.807) is 0 Å². The van der Waals surface area contributed by atoms with E-state index in [2.05, 4.69) is 48.3 Å². The summed E-state index contributed by atoms with van der Waals surface area (Å²) in [5.74, 6) is 1.64. The number of guanidine groups is 1. The first-order valence-corrected chi connectivity index (χ1v) is 6.23. The van der Waals surface area contributed by atoms with Crippen LogP contribution in [0.5, 0.6) is 0 Å². The summed E-state index contributed by atoms with van der Waals surface area (Å²) in [6.45, 7) is 10.7. The molecular weight excluding hydrogens is 200 g/mol. The molecule has 0 fully saturated rings. The molecule has 0 heterocycles. The van der Waals surface area contributed by atoms with Crippen LogP contribution in [0.2, 0.25) is 0 Å². The molecule has 0 rings (SSSR count). The number of nitrogens with zero attached hydrogens (tertiary/aromatic N) is 2. The second-order valence-corrected chi connectivity index (χ2v) is 4.50. The maximum absolute atomic E-state index is 4.18. The quantitative estimate of drug-likeness (QED) is 0.507. The van der Waals surface area contributed by atoms with Crippen molar-refractivity contribution in [3.05, 3.63) is 0 Å². The summed E-state index contributed by atoms with van der Waals surface area (Å²) in [7, 11) is 3.94. The van der Waals surface area contributed by atoms with Crippen molar-refractivity contribution >= 4 is 5.96 Å². The van der Waals surface area contributed by atoms with Crippen LogP contribution in [0.3, 0.4) is 0 Å². The Bertz CT molecular complexity index is 189. The normalized spacial score (nSPS) is 12.3. The van der Waals surface area contributed by atoms with Crippen molar-refractivity contribution < 1.29 is 0 Å². The molecule has 16 heavy (non-hydrogen) atoms. The summed E-state index contributed by atoms with van der Waals surface area (Å²) in [5.41, 5.74) is 0. The van der Waals surface area contributed by atoms with Gasteiger partial charge in [-0.1, -0.05) is 20.8 Å². The van der Waals surface area contributed by atoms with E-state index in [-0.39, 0.29) is 0 Å². The minimum Gasteiger partial charge on any atom is -0.356 e. The molecule has 4 nitrogen and oxygen atoms in total. The van der Waals surface area contributed by atoms with Crippen LogP contribution in [0.1, 0.15) is 27.2 Å². The van der Waals surface area contributed by atoms with Gasteiger partial charge in [-0.05, 0) is 25.9 Å². The smallest absolute Gasteiger partial charge is 0.191 e. The van der Waals surface area contributed by atoms with Crippen LogP contribution in [0, 0.1) is 5.92 Å². The highest BCUT2D eigenvalue weighted by Gasteiger charge is 1.99. The second kappa shape index (κ2) is 9.46. The average molecular weight is 228 g/mol. The van der Waals surface area contributed by atoms with Gasteiger partial charge in [0, 0.05) is 26.7 Å². The predicted molar refractivity (Wildman–Crippen MR) is 72.0 cm³/mol. The van der Waals surface area contributed by atoms with Gasteiger partial charge in [-0.25, -0.2) is 0 Å². The molecule has 0 aromatic rings. The number of likely N-dealkylation sites (N-methyl/N-ethyl adjacent to an activating group) is 1. The highest BCUT2D eigenvalue weighted by molar-refractivity contribution is 5.79. The van der Waals surface area contributed by atoms with E-state index in [0.29, 0.717) is 0 Å². The van der Waals surface area contributed by atoms with Crippen molar-refractivity contribution in [3.8, 4) is 0 Å². The van der Waals surface area contributed by atoms with Gasteiger partial charge in [-0.2, -0.15) is 0 Å². The van der Waals surface area contributed by atoms with Crippen LogP contribution in [0.25, 0.3) is 0 Å². The molecule has 2 N–H and O–H groups in total. The van der Waals surface area contributed by atoms with Crippen LogP contribution in [-0.2, 0) is 0 Å². The maximum atomic E-state index is 4.18. The summed E-state index contributed by atoms with van der Waals surface area (Å²) < 4.78 is 0. The molecule has 0 spiro atoms. The molecule has 0 aliphatic heterocycles. The van der Waals surface area contributed by atoms with Gasteiger partial charge in [0.25, 0.3) is 0 Å². The van der Waals surface area contributed by atoms with Crippen LogP contribution >= 0.6 is 0 Å². The second-order valence-electron chi connectivity index (χ2n) is 4.50. The fourth-order valence-electron chi connectivity index (χ4n) is 1.22. The standard InChI is InChI=1S/C12H28N4/c1-6-16(5)10-9-15-12(13-4)14-8-7-11(2)3/h11H,6-10H2,1-5H3,(H2,13,14,15). The van der Waals surface area contributed by atoms with Crippen LogP contribution in [0.15, 0.2) is 4.99 Å². The van der Waals surface area contributed by atoms with E-state index in [0.717, 1.165) is 38.1 Å². The van der Waals surface area contributed by atoms with Gasteiger partial charge in [0.1, 0.15) is 0 Å². The summed E-state index contributed by atoms with van der Waals surface area (Å²) >= 11 is 0. The molecule has 4 heteroatoms. The Labute approximate surface area is 101 Å². The van der Waals surface area contributed by atoms with Gasteiger partial charge in [0.15, 0.2) is 5.96 Å². The van der Waals surface area contributed by atoms with E-state index in [1.807, 2.05) is 7.05 Å². The van der Waals surface area contributed by atoms with Crippen molar-refractivity contribution in [2.24, 2.45) is 10.9 Å². The number of hydrogen-bond donors (Lipinski definition) is 2. The molecule has 0 radical (unpaired) electrons. The zero-order valence-corrected chi connectivity index (χ0v) is 11.5. The molecule has 0 atom stereocenters. The van der Waals surface area contributed by atoms with E-state index < -0.39 is 0 Å². The molecule has 0 aliphatic carbocycles. The van der Waals surface area contributed by atoms with Crippen molar-refractivity contribution in [1.82, 2.24) is 15.5 Å². The minimum absolute atomic E-state index is 0.733. The predicted octanol–water partition coefficient (Wildman–Crippen LogP) is 1.15. The Morgan fingerprint density at radius 3 is 2.38 bits per heavy atom. The Kier molecular flexibility index (Phi) is 9.00. The third-order valence-electron chi connectivity index (χ3n) is 2.56. The van der Waals surface area contributed by atoms with Gasteiger partial charge >= 0.3 is 0 Å². The molecule has 0 aromatic heterocycles. The molecule has 0 unspecified atom stereocenters. The molecular formula is C12H28N4. The van der Waals surface area contributed by atoms with Crippen molar-refractivity contribution in [2.75, 3.05) is 40.3 Å². The molecule has 0 saturated carbocycles. The summed E-state index contributed by atoms with van der Waals surface area (Å²) in [6.07, 6.45) is 1.18. The Morgan fingerprint density at radius 2 is 1.88 bits per heavy atom. The zero-order valence-electron chi connectivity index (χ0n) is 11.5. The highest BCUT2D eigenvalue weighted by Crippen LogP contribution is 1.95. The van der Waals surface area contributed by atoms with Gasteiger partial charge in [-0.3, -0.25) is 4.99 Å². The summed E-state index contributed by atoms with van der Waals surface area (Å²) in [5, 5.41) is 6.62. The van der Waals surface area contributed by atoms with Gasteiger partial charge in [0.2, 0.25) is 0 Å². The third-order valence-corrected chi connectivity index (χ3v) is 2.56. The Morgan fingerprint density at radius 1 is 1.25 bits per heavy atom. The minimum atomic E-state index is 0.733. The van der Waals surface area contributed by atoms with E-state index in [9.17, 15) is 0 Å². The van der Waals surface area contributed by atoms with Gasteiger partial charge < -0.3 is 15.5 Å². The fourth-order valence-corrected chi connectivity index (χ4v) is 1.22. The monoisotopic (exact) mass is 228 g/mol. The third kappa shape index (κ3) is 8.53. The molecule has 0 bridgehead atoms. The van der Waals surface area contributed by atoms with Crippen molar-refractivity contribution in [2.45, 2.75) is 27.2 Å². The van der Waals surface area contributed by atoms with Crippen LogP contribution in [0.4, 0.5) is 0 Å². The lowest BCUT2D eigenvalue weighted by molar-refractivity contribution is 0.357. The number of nitrogens with one attached hydrogen (secondary N) is 2. The van der Waals surface area contributed by atoms with E-state index >= 15 is 0 Å². The van der Waals surface area contributed by atoms with Crippen LogP contribution in [-0.4, -0.2) is 51.1 Å². The topological polar surface area (TPSA) is 39.7 Å². The van der Waals surface area contributed by atoms with E-state index in [4.69, 9.17) is 0 Å². The largest absolute Gasteiger partial charge is 0.356 e. The highest BCUT2D eigenvalue weighted by atomic mass is 15.2. The SMILES string of the molecule is CCN(C)CCNC(=NC)NCCC(C)C. The van der Waals surface area contributed by atoms with E-state index in [1.165, 1.54) is 6.42 Å². The first kappa shape index (κ1) is 15.2. The summed E-state index contributed by atoms with van der Waals surface area (Å²) in [6, 6.07) is 0. The lowest BCUT2D eigenvalue weighted by Gasteiger charge is -2.16. The average Bonchev–Trinajstić information content (AvgIpc) is 2.26. The zero-order chi connectivity index (χ0) is 12.4. The molecule has 96 valence electrons. The number of hydrogen-bond acceptors (Lipinski definition) is 2. The molecule has 0 amide bonds. The summed E-state index contributed by atoms with van der Waals surface area (Å²) in [4.78, 5) is 6.46. The molecule has 0 aliphatic rings. The molecule has 0 aromatic carbocycles. The number of aliphatic imine (C=N–C) groups is 1. The Balaban J connectivity index is 3.60. The molecule has 0 saturated heterocycles. The Hall–Kier alpha value is -0.770. The van der Waals surface area contributed by atoms with Crippen molar-refractivity contribution in [3.63, 3.8) is 0 Å². The lowest BCUT2D eigenvalue weighted by Crippen LogP contribution is -2.41. The van der Waals surface area contributed by atoms with Gasteiger partial charge in [-0.15, -0.1) is 0 Å². The number of rotatable bonds is 7. The van der Waals surface area contributed by atoms with Crippen molar-refractivity contribution in [1.29, 1.82) is 0 Å². The lowest BCUT2D eigenvalue weighted by atomic mass is 10.1. The van der Waals surface area contributed by atoms with Gasteiger partial charge in [0.05, 0.1) is 0 Å².